The minimum absolute atomic E-state index is 0.422. The first-order valence-corrected chi connectivity index (χ1v) is 7.19. The summed E-state index contributed by atoms with van der Waals surface area (Å²) in [5.74, 6) is -0.111. The van der Waals surface area contributed by atoms with Crippen molar-refractivity contribution in [3.05, 3.63) is 35.9 Å². The molecule has 0 bridgehead atoms. The Labute approximate surface area is 120 Å². The quantitative estimate of drug-likeness (QED) is 0.799. The highest BCUT2D eigenvalue weighted by molar-refractivity contribution is 5.81. The van der Waals surface area contributed by atoms with Gasteiger partial charge in [-0.25, -0.2) is 4.79 Å². The predicted molar refractivity (Wildman–Crippen MR) is 79.6 cm³/mol. The maximum Gasteiger partial charge on any atom is 0.329 e. The van der Waals surface area contributed by atoms with Crippen molar-refractivity contribution in [2.24, 2.45) is 5.92 Å². The molecule has 1 fully saturated rings. The lowest BCUT2D eigenvalue weighted by Gasteiger charge is -2.36. The molecule has 1 aromatic rings. The van der Waals surface area contributed by atoms with E-state index in [2.05, 4.69) is 17.1 Å². The van der Waals surface area contributed by atoms with Crippen LogP contribution in [0.4, 0.5) is 0 Å². The first-order chi connectivity index (χ1) is 9.51. The number of nitrogens with one attached hydrogen (secondary N) is 1. The number of likely N-dealkylation sites (N-methyl/N-ethyl adjacent to an activating group) is 2. The zero-order valence-electron chi connectivity index (χ0n) is 12.5. The van der Waals surface area contributed by atoms with E-state index in [9.17, 15) is 9.90 Å². The number of benzene rings is 1. The van der Waals surface area contributed by atoms with Crippen LogP contribution in [0.5, 0.6) is 0 Å². The summed E-state index contributed by atoms with van der Waals surface area (Å²) in [7, 11) is 3.73. The van der Waals surface area contributed by atoms with E-state index in [4.69, 9.17) is 0 Å². The molecular formula is C16H24N2O2. The Morgan fingerprint density at radius 3 is 2.50 bits per heavy atom. The number of nitrogens with zero attached hydrogens (tertiary/aromatic N) is 1. The molecule has 110 valence electrons. The van der Waals surface area contributed by atoms with E-state index in [-0.39, 0.29) is 0 Å². The van der Waals surface area contributed by atoms with Crippen LogP contribution in [0.3, 0.4) is 0 Å². The molecule has 1 saturated carbocycles. The van der Waals surface area contributed by atoms with Gasteiger partial charge in [-0.3, -0.25) is 0 Å². The van der Waals surface area contributed by atoms with Crippen LogP contribution in [0.2, 0.25) is 0 Å². The standard InChI is InChI=1S/C16H24N2O2/c1-12(13-9-10-13)18(3)11-16(17-2,15(19)20)14-7-5-4-6-8-14/h4-8,12-13,17H,9-11H2,1-3H3,(H,19,20). The van der Waals surface area contributed by atoms with Gasteiger partial charge in [0.25, 0.3) is 0 Å². The Bertz CT molecular complexity index is 459. The Kier molecular flexibility index (Phi) is 4.45. The predicted octanol–water partition coefficient (Wildman–Crippen LogP) is 1.92. The molecule has 20 heavy (non-hydrogen) atoms. The molecule has 1 aromatic carbocycles. The van der Waals surface area contributed by atoms with Crippen molar-refractivity contribution in [3.63, 3.8) is 0 Å². The van der Waals surface area contributed by atoms with Gasteiger partial charge in [-0.1, -0.05) is 30.3 Å². The fourth-order valence-electron chi connectivity index (χ4n) is 2.79. The van der Waals surface area contributed by atoms with Crippen LogP contribution < -0.4 is 5.32 Å². The number of carboxylic acid groups (broad SMARTS) is 1. The van der Waals surface area contributed by atoms with Crippen molar-refractivity contribution in [2.75, 3.05) is 20.6 Å². The highest BCUT2D eigenvalue weighted by Crippen LogP contribution is 2.35. The molecule has 2 unspecified atom stereocenters. The monoisotopic (exact) mass is 276 g/mol. The fourth-order valence-corrected chi connectivity index (χ4v) is 2.79. The summed E-state index contributed by atoms with van der Waals surface area (Å²) < 4.78 is 0. The molecule has 0 saturated heterocycles. The second kappa shape index (κ2) is 5.94. The third kappa shape index (κ3) is 2.86. The van der Waals surface area contributed by atoms with Crippen molar-refractivity contribution in [1.82, 2.24) is 10.2 Å². The molecule has 2 N–H and O–H groups in total. The van der Waals surface area contributed by atoms with E-state index in [0.29, 0.717) is 12.6 Å². The van der Waals surface area contributed by atoms with E-state index in [0.717, 1.165) is 11.5 Å². The molecule has 4 nitrogen and oxygen atoms in total. The van der Waals surface area contributed by atoms with Gasteiger partial charge in [-0.2, -0.15) is 0 Å². The molecule has 0 radical (unpaired) electrons. The van der Waals surface area contributed by atoms with Crippen molar-refractivity contribution in [1.29, 1.82) is 0 Å². The maximum atomic E-state index is 11.9. The number of carbonyl (C=O) groups is 1. The minimum atomic E-state index is -1.06. The second-order valence-corrected chi connectivity index (χ2v) is 5.82. The van der Waals surface area contributed by atoms with Gasteiger partial charge in [-0.05, 0) is 45.3 Å². The van der Waals surface area contributed by atoms with Gasteiger partial charge in [0.1, 0.15) is 0 Å². The summed E-state index contributed by atoms with van der Waals surface area (Å²) >= 11 is 0. The van der Waals surface area contributed by atoms with Crippen LogP contribution in [-0.2, 0) is 10.3 Å². The zero-order valence-corrected chi connectivity index (χ0v) is 12.5. The molecule has 0 aromatic heterocycles. The highest BCUT2D eigenvalue weighted by atomic mass is 16.4. The number of carboxylic acids is 1. The summed E-state index contributed by atoms with van der Waals surface area (Å²) in [6, 6.07) is 9.84. The molecule has 0 heterocycles. The van der Waals surface area contributed by atoms with Crippen LogP contribution in [0.25, 0.3) is 0 Å². The van der Waals surface area contributed by atoms with E-state index < -0.39 is 11.5 Å². The Morgan fingerprint density at radius 1 is 1.45 bits per heavy atom. The number of aliphatic carboxylic acids is 1. The summed E-state index contributed by atoms with van der Waals surface area (Å²) in [6.45, 7) is 2.64. The average molecular weight is 276 g/mol. The first kappa shape index (κ1) is 15.0. The van der Waals surface area contributed by atoms with Gasteiger partial charge < -0.3 is 15.3 Å². The maximum absolute atomic E-state index is 11.9. The van der Waals surface area contributed by atoms with Crippen LogP contribution >= 0.6 is 0 Å². The lowest BCUT2D eigenvalue weighted by Crippen LogP contribution is -2.56. The number of rotatable bonds is 7. The third-order valence-electron chi connectivity index (χ3n) is 4.54. The van der Waals surface area contributed by atoms with E-state index in [1.54, 1.807) is 7.05 Å². The minimum Gasteiger partial charge on any atom is -0.480 e. The number of hydrogen-bond donors (Lipinski definition) is 2. The van der Waals surface area contributed by atoms with E-state index in [1.165, 1.54) is 12.8 Å². The van der Waals surface area contributed by atoms with Gasteiger partial charge in [0.05, 0.1) is 0 Å². The Morgan fingerprint density at radius 2 is 2.05 bits per heavy atom. The summed E-state index contributed by atoms with van der Waals surface area (Å²) in [5.41, 5.74) is -0.260. The van der Waals surface area contributed by atoms with Crippen LogP contribution in [0.15, 0.2) is 30.3 Å². The normalized spacial score (nSPS) is 19.6. The smallest absolute Gasteiger partial charge is 0.329 e. The summed E-state index contributed by atoms with van der Waals surface area (Å²) in [5, 5.41) is 12.8. The molecule has 2 rings (SSSR count). The fraction of sp³-hybridized carbons (Fsp3) is 0.562. The summed E-state index contributed by atoms with van der Waals surface area (Å²) in [4.78, 5) is 14.1. The number of hydrogen-bond acceptors (Lipinski definition) is 3. The van der Waals surface area contributed by atoms with E-state index in [1.807, 2.05) is 37.4 Å². The largest absolute Gasteiger partial charge is 0.480 e. The van der Waals surface area contributed by atoms with Crippen molar-refractivity contribution >= 4 is 5.97 Å². The Balaban J connectivity index is 2.25. The van der Waals surface area contributed by atoms with E-state index >= 15 is 0 Å². The van der Waals surface area contributed by atoms with Gasteiger partial charge in [0.2, 0.25) is 0 Å². The third-order valence-corrected chi connectivity index (χ3v) is 4.54. The molecule has 4 heteroatoms. The average Bonchev–Trinajstić information content (AvgIpc) is 3.29. The lowest BCUT2D eigenvalue weighted by molar-refractivity contribution is -0.146. The van der Waals surface area contributed by atoms with Gasteiger partial charge in [0.15, 0.2) is 5.54 Å². The SMILES string of the molecule is CNC(CN(C)C(C)C1CC1)(C(=O)O)c1ccccc1. The van der Waals surface area contributed by atoms with Crippen LogP contribution in [0, 0.1) is 5.92 Å². The molecule has 0 spiro atoms. The molecule has 0 aliphatic heterocycles. The zero-order chi connectivity index (χ0) is 14.8. The highest BCUT2D eigenvalue weighted by Gasteiger charge is 2.42. The van der Waals surface area contributed by atoms with Gasteiger partial charge in [-0.15, -0.1) is 0 Å². The molecule has 2 atom stereocenters. The molecular weight excluding hydrogens is 252 g/mol. The molecule has 1 aliphatic rings. The Hall–Kier alpha value is -1.39. The summed E-state index contributed by atoms with van der Waals surface area (Å²) in [6.07, 6.45) is 2.52. The van der Waals surface area contributed by atoms with Crippen LogP contribution in [0.1, 0.15) is 25.3 Å². The molecule has 0 amide bonds. The van der Waals surface area contributed by atoms with Crippen molar-refractivity contribution in [2.45, 2.75) is 31.3 Å². The van der Waals surface area contributed by atoms with Gasteiger partial charge in [0, 0.05) is 12.6 Å². The van der Waals surface area contributed by atoms with Gasteiger partial charge >= 0.3 is 5.97 Å². The lowest BCUT2D eigenvalue weighted by atomic mass is 9.89. The topological polar surface area (TPSA) is 52.6 Å². The van der Waals surface area contributed by atoms with Crippen molar-refractivity contribution < 1.29 is 9.90 Å². The van der Waals surface area contributed by atoms with Crippen molar-refractivity contribution in [3.8, 4) is 0 Å². The first-order valence-electron chi connectivity index (χ1n) is 7.19. The molecule has 1 aliphatic carbocycles. The second-order valence-electron chi connectivity index (χ2n) is 5.82. The van der Waals surface area contributed by atoms with Crippen LogP contribution in [-0.4, -0.2) is 42.7 Å².